The summed E-state index contributed by atoms with van der Waals surface area (Å²) in [5.74, 6) is -0.971. The predicted octanol–water partition coefficient (Wildman–Crippen LogP) is 3.54. The number of anilines is 1. The fourth-order valence-electron chi connectivity index (χ4n) is 3.83. The molecule has 0 unspecified atom stereocenters. The fraction of sp³-hybridized carbons (Fsp3) is 0.391. The third kappa shape index (κ3) is 5.72. The topological polar surface area (TPSA) is 95.6 Å². The molecule has 2 amide bonds. The number of piperidine rings is 1. The lowest BCUT2D eigenvalue weighted by atomic mass is 9.97. The number of amides is 2. The lowest BCUT2D eigenvalue weighted by Crippen LogP contribution is -2.42. The van der Waals surface area contributed by atoms with Gasteiger partial charge in [0.25, 0.3) is 0 Å². The van der Waals surface area contributed by atoms with Crippen LogP contribution in [0.15, 0.2) is 47.4 Å². The Morgan fingerprint density at radius 2 is 1.70 bits per heavy atom. The van der Waals surface area contributed by atoms with Gasteiger partial charge in [-0.3, -0.25) is 9.59 Å². The molecule has 0 aromatic heterocycles. The fourth-order valence-corrected chi connectivity index (χ4v) is 5.57. The van der Waals surface area contributed by atoms with Gasteiger partial charge < -0.3 is 10.6 Å². The van der Waals surface area contributed by atoms with Gasteiger partial charge in [0.05, 0.1) is 9.92 Å². The van der Waals surface area contributed by atoms with Gasteiger partial charge in [0, 0.05) is 37.2 Å². The number of hydrogen-bond acceptors (Lipinski definition) is 4. The van der Waals surface area contributed by atoms with Crippen molar-refractivity contribution in [3.63, 3.8) is 0 Å². The zero-order valence-corrected chi connectivity index (χ0v) is 19.5. The second-order valence-electron chi connectivity index (χ2n) is 8.44. The first-order valence-electron chi connectivity index (χ1n) is 10.9. The van der Waals surface area contributed by atoms with Crippen molar-refractivity contribution in [2.75, 3.05) is 18.4 Å². The summed E-state index contributed by atoms with van der Waals surface area (Å²) in [5, 5.41) is 5.55. The van der Waals surface area contributed by atoms with Crippen molar-refractivity contribution in [3.05, 3.63) is 58.9 Å². The summed E-state index contributed by atoms with van der Waals surface area (Å²) < 4.78 is 40.3. The number of rotatable bonds is 7. The number of sulfonamides is 1. The second kappa shape index (κ2) is 9.79. The molecule has 10 heteroatoms. The molecular formula is C23H25ClFN3O4S. The number of nitrogens with one attached hydrogen (secondary N) is 2. The summed E-state index contributed by atoms with van der Waals surface area (Å²) in [4.78, 5) is 24.5. The van der Waals surface area contributed by atoms with E-state index in [1.807, 2.05) is 24.3 Å². The van der Waals surface area contributed by atoms with Gasteiger partial charge in [-0.1, -0.05) is 23.7 Å². The van der Waals surface area contributed by atoms with Gasteiger partial charge in [-0.15, -0.1) is 0 Å². The summed E-state index contributed by atoms with van der Waals surface area (Å²) >= 11 is 5.73. The lowest BCUT2D eigenvalue weighted by Gasteiger charge is -2.30. The van der Waals surface area contributed by atoms with E-state index in [-0.39, 0.29) is 46.7 Å². The van der Waals surface area contributed by atoms with E-state index in [1.165, 1.54) is 10.4 Å². The third-order valence-corrected chi connectivity index (χ3v) is 8.15. The van der Waals surface area contributed by atoms with Gasteiger partial charge in [0.2, 0.25) is 21.8 Å². The predicted molar refractivity (Wildman–Crippen MR) is 123 cm³/mol. The molecule has 1 saturated heterocycles. The van der Waals surface area contributed by atoms with E-state index in [2.05, 4.69) is 10.6 Å². The molecule has 176 valence electrons. The SMILES string of the molecule is O=C(NCc1cccc(NC(=O)C2CC2)c1)C1CCN(S(=O)(=O)c2ccc(F)c(Cl)c2)CC1. The molecule has 0 spiro atoms. The van der Waals surface area contributed by atoms with Gasteiger partial charge >= 0.3 is 0 Å². The molecule has 2 N–H and O–H groups in total. The van der Waals surface area contributed by atoms with Gasteiger partial charge in [-0.25, -0.2) is 12.8 Å². The Kier molecular flexibility index (Phi) is 7.02. The van der Waals surface area contributed by atoms with E-state index in [0.717, 1.165) is 30.5 Å². The van der Waals surface area contributed by atoms with Crippen LogP contribution in [0.1, 0.15) is 31.2 Å². The van der Waals surface area contributed by atoms with Crippen LogP contribution >= 0.6 is 11.6 Å². The maximum atomic E-state index is 13.4. The highest BCUT2D eigenvalue weighted by molar-refractivity contribution is 7.89. The van der Waals surface area contributed by atoms with Crippen molar-refractivity contribution in [2.24, 2.45) is 11.8 Å². The van der Waals surface area contributed by atoms with Gasteiger partial charge in [0.15, 0.2) is 0 Å². The minimum atomic E-state index is -3.81. The molecule has 1 aliphatic carbocycles. The highest BCUT2D eigenvalue weighted by atomic mass is 35.5. The van der Waals surface area contributed by atoms with E-state index in [9.17, 15) is 22.4 Å². The summed E-state index contributed by atoms with van der Waals surface area (Å²) in [6, 6.07) is 10.7. The van der Waals surface area contributed by atoms with Crippen molar-refractivity contribution >= 4 is 39.1 Å². The van der Waals surface area contributed by atoms with Crippen molar-refractivity contribution in [1.82, 2.24) is 9.62 Å². The maximum Gasteiger partial charge on any atom is 0.243 e. The molecule has 33 heavy (non-hydrogen) atoms. The smallest absolute Gasteiger partial charge is 0.243 e. The molecule has 2 aromatic carbocycles. The molecule has 2 aromatic rings. The molecule has 2 fully saturated rings. The normalized spacial score (nSPS) is 17.5. The van der Waals surface area contributed by atoms with E-state index >= 15 is 0 Å². The lowest BCUT2D eigenvalue weighted by molar-refractivity contribution is -0.126. The van der Waals surface area contributed by atoms with Crippen LogP contribution in [0.5, 0.6) is 0 Å². The zero-order chi connectivity index (χ0) is 23.6. The Morgan fingerprint density at radius 1 is 1.00 bits per heavy atom. The highest BCUT2D eigenvalue weighted by Gasteiger charge is 2.32. The standard InChI is InChI=1S/C23H25ClFN3O4S/c24-20-13-19(6-7-21(20)25)33(31,32)28-10-8-17(9-11-28)22(29)26-14-15-2-1-3-18(12-15)27-23(30)16-4-5-16/h1-3,6-7,12-13,16-17H,4-5,8-11,14H2,(H,26,29)(H,27,30). The molecule has 1 heterocycles. The van der Waals surface area contributed by atoms with Crippen molar-refractivity contribution in [2.45, 2.75) is 37.1 Å². The van der Waals surface area contributed by atoms with Crippen LogP contribution in [0.4, 0.5) is 10.1 Å². The maximum absolute atomic E-state index is 13.4. The van der Waals surface area contributed by atoms with Crippen LogP contribution in [0.25, 0.3) is 0 Å². The molecule has 0 radical (unpaired) electrons. The Bertz CT molecular complexity index is 1160. The molecule has 1 saturated carbocycles. The first kappa shape index (κ1) is 23.7. The first-order valence-corrected chi connectivity index (χ1v) is 12.7. The number of nitrogens with zero attached hydrogens (tertiary/aromatic N) is 1. The summed E-state index contributed by atoms with van der Waals surface area (Å²) in [7, 11) is -3.81. The van der Waals surface area contributed by atoms with Crippen molar-refractivity contribution in [1.29, 1.82) is 0 Å². The van der Waals surface area contributed by atoms with Gasteiger partial charge in [0.1, 0.15) is 5.82 Å². The van der Waals surface area contributed by atoms with E-state index < -0.39 is 15.8 Å². The monoisotopic (exact) mass is 493 g/mol. The minimum Gasteiger partial charge on any atom is -0.352 e. The Hall–Kier alpha value is -2.49. The number of benzene rings is 2. The van der Waals surface area contributed by atoms with Crippen LogP contribution in [0.3, 0.4) is 0 Å². The molecule has 0 atom stereocenters. The van der Waals surface area contributed by atoms with Gasteiger partial charge in [-0.05, 0) is 61.6 Å². The second-order valence-corrected chi connectivity index (χ2v) is 10.8. The third-order valence-electron chi connectivity index (χ3n) is 5.96. The average molecular weight is 494 g/mol. The quantitative estimate of drug-likeness (QED) is 0.616. The number of halogens is 2. The van der Waals surface area contributed by atoms with Crippen LogP contribution in [-0.2, 0) is 26.2 Å². The number of carbonyl (C=O) groups is 2. The Morgan fingerprint density at radius 3 is 2.36 bits per heavy atom. The summed E-state index contributed by atoms with van der Waals surface area (Å²) in [6.45, 7) is 0.703. The minimum absolute atomic E-state index is 0.0285. The van der Waals surface area contributed by atoms with Gasteiger partial charge in [-0.2, -0.15) is 4.31 Å². The van der Waals surface area contributed by atoms with E-state index in [4.69, 9.17) is 11.6 Å². The number of hydrogen-bond donors (Lipinski definition) is 2. The van der Waals surface area contributed by atoms with E-state index in [0.29, 0.717) is 25.1 Å². The zero-order valence-electron chi connectivity index (χ0n) is 17.9. The Balaban J connectivity index is 1.29. The van der Waals surface area contributed by atoms with Crippen LogP contribution in [0.2, 0.25) is 5.02 Å². The summed E-state index contributed by atoms with van der Waals surface area (Å²) in [5.41, 5.74) is 1.57. The first-order chi connectivity index (χ1) is 15.7. The van der Waals surface area contributed by atoms with Crippen molar-refractivity contribution in [3.8, 4) is 0 Å². The van der Waals surface area contributed by atoms with Crippen molar-refractivity contribution < 1.29 is 22.4 Å². The van der Waals surface area contributed by atoms with Crippen LogP contribution in [-0.4, -0.2) is 37.6 Å². The average Bonchev–Trinajstić information content (AvgIpc) is 3.65. The molecule has 2 aliphatic rings. The van der Waals surface area contributed by atoms with Crippen LogP contribution < -0.4 is 10.6 Å². The highest BCUT2D eigenvalue weighted by Crippen LogP contribution is 2.30. The molecular weight excluding hydrogens is 469 g/mol. The van der Waals surface area contributed by atoms with Crippen LogP contribution in [0, 0.1) is 17.7 Å². The molecule has 1 aliphatic heterocycles. The molecule has 0 bridgehead atoms. The largest absolute Gasteiger partial charge is 0.352 e. The number of carbonyl (C=O) groups excluding carboxylic acids is 2. The molecule has 4 rings (SSSR count). The molecule has 7 nitrogen and oxygen atoms in total. The van der Waals surface area contributed by atoms with E-state index in [1.54, 1.807) is 0 Å². The Labute approximate surface area is 197 Å². The summed E-state index contributed by atoms with van der Waals surface area (Å²) in [6.07, 6.45) is 2.63.